The largest absolute Gasteiger partial charge is 0.497 e. The molecule has 27 heavy (non-hydrogen) atoms. The number of hydrogen-bond acceptors (Lipinski definition) is 4. The maximum atomic E-state index is 13.1. The van der Waals surface area contributed by atoms with E-state index in [-0.39, 0.29) is 18.4 Å². The molecule has 140 valence electrons. The van der Waals surface area contributed by atoms with Crippen molar-refractivity contribution in [2.75, 3.05) is 7.11 Å². The molecule has 0 aromatic heterocycles. The summed E-state index contributed by atoms with van der Waals surface area (Å²) in [5.41, 5.74) is 2.79. The van der Waals surface area contributed by atoms with Gasteiger partial charge in [0.05, 0.1) is 7.11 Å². The molecule has 1 aliphatic carbocycles. The minimum atomic E-state index is -1.59. The van der Waals surface area contributed by atoms with Crippen molar-refractivity contribution in [3.63, 3.8) is 0 Å². The van der Waals surface area contributed by atoms with Crippen molar-refractivity contribution >= 4 is 17.8 Å². The Morgan fingerprint density at radius 1 is 1.04 bits per heavy atom. The van der Waals surface area contributed by atoms with E-state index < -0.39 is 23.3 Å². The highest BCUT2D eigenvalue weighted by molar-refractivity contribution is 5.99. The molecule has 2 aromatic carbocycles. The van der Waals surface area contributed by atoms with E-state index >= 15 is 0 Å². The van der Waals surface area contributed by atoms with Crippen molar-refractivity contribution in [1.29, 1.82) is 0 Å². The van der Waals surface area contributed by atoms with Crippen LogP contribution in [0.25, 0.3) is 0 Å². The summed E-state index contributed by atoms with van der Waals surface area (Å²) in [6, 6.07) is 13.6. The Morgan fingerprint density at radius 3 is 2.04 bits per heavy atom. The number of methoxy groups -OCH3 is 1. The van der Waals surface area contributed by atoms with Crippen LogP contribution in [-0.2, 0) is 22.4 Å². The number of nitrogens with zero attached hydrogens (tertiary/aromatic N) is 1. The summed E-state index contributed by atoms with van der Waals surface area (Å²) >= 11 is 0. The molecule has 0 spiro atoms. The zero-order valence-corrected chi connectivity index (χ0v) is 15.1. The average Bonchev–Trinajstić information content (AvgIpc) is 3.06. The van der Waals surface area contributed by atoms with Gasteiger partial charge in [0.25, 0.3) is 5.91 Å². The second-order valence-corrected chi connectivity index (χ2v) is 6.50. The highest BCUT2D eigenvalue weighted by Gasteiger charge is 2.52. The van der Waals surface area contributed by atoms with Crippen molar-refractivity contribution in [2.24, 2.45) is 0 Å². The number of rotatable bonds is 4. The SMILES string of the molecule is COc1ccc(C(=O)N(NC(C)=O)C2(C(=O)O)Cc3ccccc3C2)cc1. The number of ether oxygens (including phenoxy) is 1. The standard InChI is InChI=1S/C20H20N2O5/c1-13(23)21-22(18(24)14-7-9-17(27-2)10-8-14)20(19(25)26)11-15-5-3-4-6-16(15)12-20/h3-10H,11-12H2,1-2H3,(H,21,23)(H,25,26). The molecule has 0 bridgehead atoms. The van der Waals surface area contributed by atoms with E-state index in [2.05, 4.69) is 5.43 Å². The van der Waals surface area contributed by atoms with Crippen LogP contribution < -0.4 is 10.2 Å². The zero-order valence-electron chi connectivity index (χ0n) is 15.1. The number of aliphatic carboxylic acids is 1. The first-order valence-electron chi connectivity index (χ1n) is 8.43. The van der Waals surface area contributed by atoms with E-state index in [1.807, 2.05) is 24.3 Å². The summed E-state index contributed by atoms with van der Waals surface area (Å²) in [5.74, 6) is -1.72. The number of hydrazine groups is 1. The Kier molecular flexibility index (Phi) is 4.85. The molecule has 2 aromatic rings. The third kappa shape index (κ3) is 3.36. The molecule has 1 aliphatic rings. The number of amides is 2. The number of nitrogens with one attached hydrogen (secondary N) is 1. The van der Waals surface area contributed by atoms with Gasteiger partial charge >= 0.3 is 5.97 Å². The summed E-state index contributed by atoms with van der Waals surface area (Å²) in [5, 5.41) is 11.0. The first-order valence-corrected chi connectivity index (χ1v) is 8.43. The molecule has 3 rings (SSSR count). The number of carbonyl (C=O) groups is 3. The Morgan fingerprint density at radius 2 is 1.59 bits per heavy atom. The number of hydrogen-bond donors (Lipinski definition) is 2. The third-order valence-electron chi connectivity index (χ3n) is 4.72. The van der Waals surface area contributed by atoms with Crippen molar-refractivity contribution in [3.8, 4) is 5.75 Å². The lowest BCUT2D eigenvalue weighted by Crippen LogP contribution is -2.64. The first-order chi connectivity index (χ1) is 12.9. The molecular weight excluding hydrogens is 348 g/mol. The summed E-state index contributed by atoms with van der Waals surface area (Å²) in [6.45, 7) is 1.24. The molecule has 0 radical (unpaired) electrons. The van der Waals surface area contributed by atoms with Crippen molar-refractivity contribution in [3.05, 3.63) is 65.2 Å². The molecule has 2 amide bonds. The third-order valence-corrected chi connectivity index (χ3v) is 4.72. The molecule has 0 aliphatic heterocycles. The Labute approximate surface area is 156 Å². The fourth-order valence-corrected chi connectivity index (χ4v) is 3.37. The predicted molar refractivity (Wildman–Crippen MR) is 97.2 cm³/mol. The summed E-state index contributed by atoms with van der Waals surface area (Å²) in [4.78, 5) is 37.2. The van der Waals surface area contributed by atoms with E-state index in [4.69, 9.17) is 4.74 Å². The zero-order chi connectivity index (χ0) is 19.6. The van der Waals surface area contributed by atoms with Crippen LogP contribution in [0, 0.1) is 0 Å². The summed E-state index contributed by atoms with van der Waals surface area (Å²) in [6.07, 6.45) is 0.224. The van der Waals surface area contributed by atoms with E-state index in [9.17, 15) is 19.5 Å². The lowest BCUT2D eigenvalue weighted by atomic mass is 9.94. The van der Waals surface area contributed by atoms with E-state index in [1.54, 1.807) is 12.1 Å². The maximum Gasteiger partial charge on any atom is 0.332 e. The lowest BCUT2D eigenvalue weighted by Gasteiger charge is -2.37. The topological polar surface area (TPSA) is 95.9 Å². The van der Waals surface area contributed by atoms with E-state index in [0.717, 1.165) is 16.1 Å². The highest BCUT2D eigenvalue weighted by Crippen LogP contribution is 2.35. The van der Waals surface area contributed by atoms with E-state index in [0.29, 0.717) is 5.75 Å². The first kappa shape index (κ1) is 18.4. The maximum absolute atomic E-state index is 13.1. The molecule has 0 heterocycles. The number of carbonyl (C=O) groups excluding carboxylic acids is 2. The van der Waals surface area contributed by atoms with Crippen molar-refractivity contribution in [2.45, 2.75) is 25.3 Å². The second-order valence-electron chi connectivity index (χ2n) is 6.50. The van der Waals surface area contributed by atoms with Crippen LogP contribution in [-0.4, -0.2) is 40.5 Å². The second kappa shape index (κ2) is 7.11. The minimum absolute atomic E-state index is 0.112. The average molecular weight is 368 g/mol. The molecule has 2 N–H and O–H groups in total. The Hall–Kier alpha value is -3.35. The quantitative estimate of drug-likeness (QED) is 0.803. The van der Waals surface area contributed by atoms with Gasteiger partial charge in [0.15, 0.2) is 5.54 Å². The van der Waals surface area contributed by atoms with Gasteiger partial charge in [-0.3, -0.25) is 15.0 Å². The lowest BCUT2D eigenvalue weighted by molar-refractivity contribution is -0.152. The highest BCUT2D eigenvalue weighted by atomic mass is 16.5. The fraction of sp³-hybridized carbons (Fsp3) is 0.250. The van der Waals surface area contributed by atoms with Crippen LogP contribution in [0.15, 0.2) is 48.5 Å². The van der Waals surface area contributed by atoms with Gasteiger partial charge in [-0.2, -0.15) is 0 Å². The smallest absolute Gasteiger partial charge is 0.332 e. The number of benzene rings is 2. The van der Waals surface area contributed by atoms with Crippen LogP contribution in [0.1, 0.15) is 28.4 Å². The predicted octanol–water partition coefficient (Wildman–Crippen LogP) is 1.81. The molecule has 7 nitrogen and oxygen atoms in total. The van der Waals surface area contributed by atoms with Crippen LogP contribution >= 0.6 is 0 Å². The van der Waals surface area contributed by atoms with Gasteiger partial charge in [-0.05, 0) is 35.4 Å². The van der Waals surface area contributed by atoms with Crippen molar-refractivity contribution in [1.82, 2.24) is 10.4 Å². The van der Waals surface area contributed by atoms with Gasteiger partial charge in [-0.25, -0.2) is 9.80 Å². The van der Waals surface area contributed by atoms with Gasteiger partial charge in [0, 0.05) is 25.3 Å². The van der Waals surface area contributed by atoms with Gasteiger partial charge in [0.1, 0.15) is 5.75 Å². The Balaban J connectivity index is 2.03. The summed E-state index contributed by atoms with van der Waals surface area (Å²) < 4.78 is 5.09. The summed E-state index contributed by atoms with van der Waals surface area (Å²) in [7, 11) is 1.51. The monoisotopic (exact) mass is 368 g/mol. The van der Waals surface area contributed by atoms with Gasteiger partial charge < -0.3 is 9.84 Å². The van der Waals surface area contributed by atoms with Crippen molar-refractivity contribution < 1.29 is 24.2 Å². The van der Waals surface area contributed by atoms with Crippen LogP contribution in [0.5, 0.6) is 5.75 Å². The van der Waals surface area contributed by atoms with Crippen LogP contribution in [0.2, 0.25) is 0 Å². The molecular formula is C20H20N2O5. The number of fused-ring (bicyclic) bond motifs is 1. The van der Waals surface area contributed by atoms with Gasteiger partial charge in [0.2, 0.25) is 5.91 Å². The fourth-order valence-electron chi connectivity index (χ4n) is 3.37. The molecule has 0 atom stereocenters. The number of carboxylic acids is 1. The molecule has 0 fully saturated rings. The Bertz CT molecular complexity index is 867. The normalized spacial score (nSPS) is 14.1. The molecule has 7 heteroatoms. The van der Waals surface area contributed by atoms with E-state index in [1.165, 1.54) is 26.2 Å². The minimum Gasteiger partial charge on any atom is -0.497 e. The molecule has 0 saturated heterocycles. The molecule has 0 saturated carbocycles. The number of carboxylic acid groups (broad SMARTS) is 1. The van der Waals surface area contributed by atoms with Crippen LogP contribution in [0.3, 0.4) is 0 Å². The van der Waals surface area contributed by atoms with Gasteiger partial charge in [-0.15, -0.1) is 0 Å². The van der Waals surface area contributed by atoms with Gasteiger partial charge in [-0.1, -0.05) is 24.3 Å². The molecule has 0 unspecified atom stereocenters. The van der Waals surface area contributed by atoms with Crippen LogP contribution in [0.4, 0.5) is 0 Å².